The van der Waals surface area contributed by atoms with Gasteiger partial charge in [0.1, 0.15) is 0 Å². The Bertz CT molecular complexity index is 461. The zero-order chi connectivity index (χ0) is 13.5. The summed E-state index contributed by atoms with van der Waals surface area (Å²) in [5.74, 6) is 0. The van der Waals surface area contributed by atoms with E-state index in [1.165, 1.54) is 24.8 Å². The van der Waals surface area contributed by atoms with Crippen LogP contribution in [0.1, 0.15) is 50.4 Å². The lowest BCUT2D eigenvalue weighted by molar-refractivity contribution is 0.493. The van der Waals surface area contributed by atoms with Crippen LogP contribution in [0.4, 0.5) is 0 Å². The van der Waals surface area contributed by atoms with Gasteiger partial charge in [-0.2, -0.15) is 0 Å². The Morgan fingerprint density at radius 2 is 2.26 bits per heavy atom. The molecule has 0 saturated carbocycles. The summed E-state index contributed by atoms with van der Waals surface area (Å²) in [5.41, 5.74) is 4.42. The monoisotopic (exact) mass is 277 g/mol. The molecule has 0 aliphatic rings. The smallest absolute Gasteiger partial charge is 0.0795 e. The van der Waals surface area contributed by atoms with Gasteiger partial charge in [0.2, 0.25) is 0 Å². The van der Waals surface area contributed by atoms with E-state index in [9.17, 15) is 0 Å². The van der Waals surface area contributed by atoms with E-state index < -0.39 is 0 Å². The topological polar surface area (TPSA) is 29.9 Å². The minimum Gasteiger partial charge on any atom is -0.348 e. The Balaban J connectivity index is 2.00. The number of hydrogen-bond acceptors (Lipinski definition) is 3. The van der Waals surface area contributed by atoms with Crippen molar-refractivity contribution in [2.24, 2.45) is 0 Å². The summed E-state index contributed by atoms with van der Waals surface area (Å²) in [7, 11) is 0. The highest BCUT2D eigenvalue weighted by atomic mass is 32.1. The fourth-order valence-electron chi connectivity index (χ4n) is 2.26. The molecule has 0 fully saturated rings. The Labute approximate surface area is 119 Å². The molecule has 0 saturated heterocycles. The lowest BCUT2D eigenvalue weighted by atomic mass is 10.1. The molecule has 0 aliphatic carbocycles. The zero-order valence-electron chi connectivity index (χ0n) is 11.8. The Morgan fingerprint density at radius 3 is 2.95 bits per heavy atom. The summed E-state index contributed by atoms with van der Waals surface area (Å²) in [5, 5.41) is 5.74. The van der Waals surface area contributed by atoms with Gasteiger partial charge in [-0.1, -0.05) is 20.3 Å². The maximum atomic E-state index is 4.33. The molecule has 2 heterocycles. The second kappa shape index (κ2) is 7.46. The second-order valence-corrected chi connectivity index (χ2v) is 5.61. The minimum absolute atomic E-state index is 0.488. The predicted octanol–water partition coefficient (Wildman–Crippen LogP) is 3.83. The third-order valence-electron chi connectivity index (χ3n) is 3.22. The predicted molar refractivity (Wildman–Crippen MR) is 81.6 cm³/mol. The molecule has 0 amide bonds. The van der Waals surface area contributed by atoms with Crippen LogP contribution in [0.3, 0.4) is 0 Å². The third kappa shape index (κ3) is 4.18. The fraction of sp³-hybridized carbons (Fsp3) is 0.533. The van der Waals surface area contributed by atoms with Crippen molar-refractivity contribution in [3.63, 3.8) is 0 Å². The van der Waals surface area contributed by atoms with Crippen molar-refractivity contribution in [1.82, 2.24) is 14.9 Å². The summed E-state index contributed by atoms with van der Waals surface area (Å²) in [6.45, 7) is 6.41. The molecule has 2 rings (SSSR count). The first-order valence-corrected chi connectivity index (χ1v) is 8.03. The van der Waals surface area contributed by atoms with E-state index in [2.05, 4.69) is 52.6 Å². The summed E-state index contributed by atoms with van der Waals surface area (Å²) in [6, 6.07) is 2.72. The van der Waals surface area contributed by atoms with E-state index in [1.807, 2.05) is 5.51 Å². The standard InChI is InChI=1S/C15H23N3S/c1-3-5-15(16-7-4-2)13-6-8-18(9-13)10-14-11-19-12-17-14/h6,8-9,11-12,15-16H,3-5,7,10H2,1-2H3. The van der Waals surface area contributed by atoms with Crippen LogP contribution >= 0.6 is 11.3 Å². The van der Waals surface area contributed by atoms with Gasteiger partial charge in [0.25, 0.3) is 0 Å². The molecule has 1 unspecified atom stereocenters. The van der Waals surface area contributed by atoms with Crippen molar-refractivity contribution in [1.29, 1.82) is 0 Å². The highest BCUT2D eigenvalue weighted by molar-refractivity contribution is 7.07. The maximum absolute atomic E-state index is 4.33. The normalized spacial score (nSPS) is 12.7. The Hall–Kier alpha value is -1.13. The second-order valence-electron chi connectivity index (χ2n) is 4.89. The number of nitrogens with one attached hydrogen (secondary N) is 1. The lowest BCUT2D eigenvalue weighted by Crippen LogP contribution is -2.21. The Morgan fingerprint density at radius 1 is 1.37 bits per heavy atom. The van der Waals surface area contributed by atoms with Gasteiger partial charge in [-0.3, -0.25) is 0 Å². The first-order chi connectivity index (χ1) is 9.33. The summed E-state index contributed by atoms with van der Waals surface area (Å²) in [6.07, 6.45) is 7.99. The van der Waals surface area contributed by atoms with Crippen molar-refractivity contribution < 1.29 is 0 Å². The van der Waals surface area contributed by atoms with Gasteiger partial charge in [0.05, 0.1) is 17.7 Å². The van der Waals surface area contributed by atoms with E-state index in [-0.39, 0.29) is 0 Å². The fourth-order valence-corrected chi connectivity index (χ4v) is 2.81. The van der Waals surface area contributed by atoms with Gasteiger partial charge in [0.15, 0.2) is 0 Å². The molecule has 2 aromatic heterocycles. The molecular weight excluding hydrogens is 254 g/mol. The van der Waals surface area contributed by atoms with Crippen molar-refractivity contribution in [3.05, 3.63) is 40.6 Å². The van der Waals surface area contributed by atoms with Crippen molar-refractivity contribution in [3.8, 4) is 0 Å². The number of thiazole rings is 1. The molecule has 104 valence electrons. The van der Waals surface area contributed by atoms with Crippen LogP contribution in [0.5, 0.6) is 0 Å². The van der Waals surface area contributed by atoms with Gasteiger partial charge in [-0.15, -0.1) is 11.3 Å². The van der Waals surface area contributed by atoms with Gasteiger partial charge in [-0.05, 0) is 31.0 Å². The van der Waals surface area contributed by atoms with E-state index in [0.29, 0.717) is 6.04 Å². The highest BCUT2D eigenvalue weighted by Crippen LogP contribution is 2.19. The van der Waals surface area contributed by atoms with Gasteiger partial charge < -0.3 is 9.88 Å². The molecule has 2 aromatic rings. The van der Waals surface area contributed by atoms with Crippen molar-refractivity contribution >= 4 is 11.3 Å². The molecule has 0 aliphatic heterocycles. The highest BCUT2D eigenvalue weighted by Gasteiger charge is 2.11. The summed E-state index contributed by atoms with van der Waals surface area (Å²) < 4.78 is 2.22. The number of rotatable bonds is 8. The quantitative estimate of drug-likeness (QED) is 0.794. The maximum Gasteiger partial charge on any atom is 0.0795 e. The lowest BCUT2D eigenvalue weighted by Gasteiger charge is -2.16. The van der Waals surface area contributed by atoms with Crippen LogP contribution < -0.4 is 5.32 Å². The SMILES string of the molecule is CCCNC(CCC)c1ccn(Cc2cscn2)c1. The first kappa shape index (κ1) is 14.3. The third-order valence-corrected chi connectivity index (χ3v) is 3.86. The number of nitrogens with zero attached hydrogens (tertiary/aromatic N) is 2. The van der Waals surface area contributed by atoms with Crippen LogP contribution in [-0.4, -0.2) is 16.1 Å². The first-order valence-electron chi connectivity index (χ1n) is 7.09. The van der Waals surface area contributed by atoms with Gasteiger partial charge in [-0.25, -0.2) is 4.98 Å². The molecule has 4 heteroatoms. The number of aromatic nitrogens is 2. The average molecular weight is 277 g/mol. The van der Waals surface area contributed by atoms with E-state index in [0.717, 1.165) is 18.8 Å². The van der Waals surface area contributed by atoms with Crippen LogP contribution in [0, 0.1) is 0 Å². The minimum atomic E-state index is 0.488. The van der Waals surface area contributed by atoms with Crippen molar-refractivity contribution in [2.75, 3.05) is 6.54 Å². The van der Waals surface area contributed by atoms with E-state index >= 15 is 0 Å². The molecule has 0 spiro atoms. The molecule has 0 bridgehead atoms. The van der Waals surface area contributed by atoms with Crippen LogP contribution in [0.15, 0.2) is 29.4 Å². The molecule has 19 heavy (non-hydrogen) atoms. The van der Waals surface area contributed by atoms with Gasteiger partial charge in [0, 0.05) is 23.8 Å². The van der Waals surface area contributed by atoms with Crippen LogP contribution in [0.25, 0.3) is 0 Å². The summed E-state index contributed by atoms with van der Waals surface area (Å²) in [4.78, 5) is 4.33. The van der Waals surface area contributed by atoms with Gasteiger partial charge >= 0.3 is 0 Å². The largest absolute Gasteiger partial charge is 0.348 e. The van der Waals surface area contributed by atoms with Crippen molar-refractivity contribution in [2.45, 2.75) is 45.7 Å². The van der Waals surface area contributed by atoms with E-state index in [4.69, 9.17) is 0 Å². The molecule has 0 aromatic carbocycles. The molecule has 3 nitrogen and oxygen atoms in total. The number of hydrogen-bond donors (Lipinski definition) is 1. The molecular formula is C15H23N3S. The van der Waals surface area contributed by atoms with E-state index in [1.54, 1.807) is 11.3 Å². The van der Waals surface area contributed by atoms with Crippen LogP contribution in [0.2, 0.25) is 0 Å². The Kier molecular flexibility index (Phi) is 5.61. The van der Waals surface area contributed by atoms with Crippen LogP contribution in [-0.2, 0) is 6.54 Å². The zero-order valence-corrected chi connectivity index (χ0v) is 12.6. The average Bonchev–Trinajstić information content (AvgIpc) is 3.07. The molecule has 1 N–H and O–H groups in total. The molecule has 0 radical (unpaired) electrons. The summed E-state index contributed by atoms with van der Waals surface area (Å²) >= 11 is 1.65. The molecule has 1 atom stereocenters.